The number of hydrogen-bond acceptors (Lipinski definition) is 3. The first-order chi connectivity index (χ1) is 9.30. The van der Waals surface area contributed by atoms with E-state index in [-0.39, 0.29) is 12.4 Å². The van der Waals surface area contributed by atoms with Crippen LogP contribution >= 0.6 is 0 Å². The second kappa shape index (κ2) is 5.57. The van der Waals surface area contributed by atoms with Gasteiger partial charge in [0.05, 0.1) is 5.56 Å². The van der Waals surface area contributed by atoms with Crippen molar-refractivity contribution in [1.29, 1.82) is 0 Å². The third-order valence-electron chi connectivity index (χ3n) is 3.29. The Morgan fingerprint density at radius 3 is 2.50 bits per heavy atom. The fourth-order valence-corrected chi connectivity index (χ4v) is 2.07. The van der Waals surface area contributed by atoms with Crippen LogP contribution in [0.3, 0.4) is 0 Å². The Bertz CT molecular complexity index is 470. The van der Waals surface area contributed by atoms with E-state index in [2.05, 4.69) is 5.32 Å². The summed E-state index contributed by atoms with van der Waals surface area (Å²) in [5, 5.41) is 13.2. The van der Waals surface area contributed by atoms with Crippen molar-refractivity contribution in [2.45, 2.75) is 24.6 Å². The zero-order chi connectivity index (χ0) is 14.8. The predicted molar refractivity (Wildman–Crippen MR) is 64.0 cm³/mol. The molecule has 1 heterocycles. The number of rotatable bonds is 3. The van der Waals surface area contributed by atoms with E-state index in [0.29, 0.717) is 38.1 Å². The molecule has 0 saturated carbocycles. The van der Waals surface area contributed by atoms with Crippen molar-refractivity contribution in [2.75, 3.05) is 19.7 Å². The van der Waals surface area contributed by atoms with Crippen LogP contribution in [-0.4, -0.2) is 30.4 Å². The summed E-state index contributed by atoms with van der Waals surface area (Å²) in [6, 6.07) is 2.44. The minimum atomic E-state index is -4.77. The van der Waals surface area contributed by atoms with Crippen LogP contribution in [0.2, 0.25) is 0 Å². The highest BCUT2D eigenvalue weighted by Gasteiger charge is 2.35. The van der Waals surface area contributed by atoms with Crippen molar-refractivity contribution in [3.8, 4) is 5.75 Å². The molecule has 1 aromatic carbocycles. The van der Waals surface area contributed by atoms with E-state index in [1.807, 2.05) is 0 Å². The molecule has 0 unspecified atom stereocenters. The van der Waals surface area contributed by atoms with E-state index in [1.165, 1.54) is 0 Å². The average molecular weight is 293 g/mol. The lowest BCUT2D eigenvalue weighted by Gasteiger charge is -2.32. The quantitative estimate of drug-likeness (QED) is 0.841. The molecule has 1 aliphatic rings. The Morgan fingerprint density at radius 2 is 1.90 bits per heavy atom. The van der Waals surface area contributed by atoms with Crippen LogP contribution in [0.4, 0.5) is 17.6 Å². The number of benzene rings is 1. The van der Waals surface area contributed by atoms with E-state index >= 15 is 0 Å². The van der Waals surface area contributed by atoms with E-state index in [4.69, 9.17) is 4.74 Å². The number of piperidine rings is 1. The molecular weight excluding hydrogens is 278 g/mol. The molecule has 0 aliphatic carbocycles. The molecule has 0 bridgehead atoms. The van der Waals surface area contributed by atoms with Crippen molar-refractivity contribution < 1.29 is 27.4 Å². The van der Waals surface area contributed by atoms with Gasteiger partial charge in [0.1, 0.15) is 23.8 Å². The highest BCUT2D eigenvalue weighted by molar-refractivity contribution is 5.31. The van der Waals surface area contributed by atoms with Crippen molar-refractivity contribution in [3.63, 3.8) is 0 Å². The van der Waals surface area contributed by atoms with Crippen molar-refractivity contribution in [2.24, 2.45) is 0 Å². The molecule has 0 amide bonds. The van der Waals surface area contributed by atoms with Crippen LogP contribution in [0.5, 0.6) is 5.75 Å². The number of ether oxygens (including phenoxy) is 1. The summed E-state index contributed by atoms with van der Waals surface area (Å²) in [6.45, 7) is 1.13. The Balaban J connectivity index is 2.06. The van der Waals surface area contributed by atoms with Gasteiger partial charge in [-0.1, -0.05) is 0 Å². The van der Waals surface area contributed by atoms with Gasteiger partial charge in [-0.05, 0) is 44.1 Å². The molecule has 1 fully saturated rings. The minimum Gasteiger partial charge on any atom is -0.491 e. The number of halogens is 4. The predicted octanol–water partition coefficient (Wildman–Crippen LogP) is 2.34. The molecular formula is C13H15F4NO2. The second-order valence-electron chi connectivity index (χ2n) is 4.90. The second-order valence-corrected chi connectivity index (χ2v) is 4.90. The lowest BCUT2D eigenvalue weighted by molar-refractivity contribution is -0.140. The van der Waals surface area contributed by atoms with Crippen molar-refractivity contribution in [1.82, 2.24) is 5.32 Å². The van der Waals surface area contributed by atoms with E-state index < -0.39 is 23.2 Å². The first-order valence-electron chi connectivity index (χ1n) is 6.23. The smallest absolute Gasteiger partial charge is 0.419 e. The SMILES string of the molecule is OC1(COc2ccc(F)c(C(F)(F)F)c2)CCNCC1. The molecule has 20 heavy (non-hydrogen) atoms. The number of aliphatic hydroxyl groups is 1. The maximum absolute atomic E-state index is 13.1. The first-order valence-corrected chi connectivity index (χ1v) is 6.23. The average Bonchev–Trinajstić information content (AvgIpc) is 2.37. The summed E-state index contributed by atoms with van der Waals surface area (Å²) in [5.41, 5.74) is -2.43. The molecule has 1 saturated heterocycles. The van der Waals surface area contributed by atoms with Gasteiger partial charge in [0.2, 0.25) is 0 Å². The molecule has 1 aromatic rings. The van der Waals surface area contributed by atoms with Gasteiger partial charge < -0.3 is 15.2 Å². The summed E-state index contributed by atoms with van der Waals surface area (Å²) in [4.78, 5) is 0. The Morgan fingerprint density at radius 1 is 1.25 bits per heavy atom. The Kier molecular flexibility index (Phi) is 4.19. The fourth-order valence-electron chi connectivity index (χ4n) is 2.07. The first kappa shape index (κ1) is 15.1. The number of hydrogen-bond donors (Lipinski definition) is 2. The lowest BCUT2D eigenvalue weighted by atomic mass is 9.93. The molecule has 2 rings (SSSR count). The molecule has 7 heteroatoms. The highest BCUT2D eigenvalue weighted by Crippen LogP contribution is 2.34. The summed E-state index contributed by atoms with van der Waals surface area (Å²) >= 11 is 0. The summed E-state index contributed by atoms with van der Waals surface area (Å²) < 4.78 is 55.9. The minimum absolute atomic E-state index is 0.106. The van der Waals surface area contributed by atoms with E-state index in [1.54, 1.807) is 0 Å². The van der Waals surface area contributed by atoms with Gasteiger partial charge in [-0.3, -0.25) is 0 Å². The molecule has 112 valence electrons. The third kappa shape index (κ3) is 3.61. The van der Waals surface area contributed by atoms with Gasteiger partial charge in [0, 0.05) is 0 Å². The van der Waals surface area contributed by atoms with Gasteiger partial charge >= 0.3 is 6.18 Å². The fraction of sp³-hybridized carbons (Fsp3) is 0.538. The van der Waals surface area contributed by atoms with Gasteiger partial charge in [-0.2, -0.15) is 13.2 Å². The lowest BCUT2D eigenvalue weighted by Crippen LogP contribution is -2.45. The zero-order valence-corrected chi connectivity index (χ0v) is 10.6. The van der Waals surface area contributed by atoms with Gasteiger partial charge in [0.25, 0.3) is 0 Å². The van der Waals surface area contributed by atoms with Crippen LogP contribution in [0, 0.1) is 5.82 Å². The maximum atomic E-state index is 13.1. The maximum Gasteiger partial charge on any atom is 0.419 e. The van der Waals surface area contributed by atoms with E-state index in [0.717, 1.165) is 6.07 Å². The summed E-state index contributed by atoms with van der Waals surface area (Å²) in [5.74, 6) is -1.45. The van der Waals surface area contributed by atoms with Crippen LogP contribution < -0.4 is 10.1 Å². The largest absolute Gasteiger partial charge is 0.491 e. The molecule has 0 spiro atoms. The van der Waals surface area contributed by atoms with Crippen molar-refractivity contribution >= 4 is 0 Å². The van der Waals surface area contributed by atoms with Gasteiger partial charge in [-0.25, -0.2) is 4.39 Å². The molecule has 0 aromatic heterocycles. The Labute approximate surface area is 113 Å². The summed E-state index contributed by atoms with van der Waals surface area (Å²) in [7, 11) is 0. The van der Waals surface area contributed by atoms with Crippen LogP contribution in [-0.2, 0) is 6.18 Å². The standard InChI is InChI=1S/C13H15F4NO2/c14-11-2-1-9(7-10(11)13(15,16)17)20-8-12(19)3-5-18-6-4-12/h1-2,7,18-19H,3-6,8H2. The molecule has 2 N–H and O–H groups in total. The molecule has 1 aliphatic heterocycles. The number of alkyl halides is 3. The van der Waals surface area contributed by atoms with Crippen LogP contribution in [0.15, 0.2) is 18.2 Å². The number of nitrogens with one attached hydrogen (secondary N) is 1. The van der Waals surface area contributed by atoms with E-state index in [9.17, 15) is 22.7 Å². The highest BCUT2D eigenvalue weighted by atomic mass is 19.4. The van der Waals surface area contributed by atoms with Gasteiger partial charge in [-0.15, -0.1) is 0 Å². The molecule has 3 nitrogen and oxygen atoms in total. The Hall–Kier alpha value is -1.34. The monoisotopic (exact) mass is 293 g/mol. The van der Waals surface area contributed by atoms with Crippen molar-refractivity contribution in [3.05, 3.63) is 29.6 Å². The molecule has 0 atom stereocenters. The van der Waals surface area contributed by atoms with Crippen LogP contribution in [0.25, 0.3) is 0 Å². The van der Waals surface area contributed by atoms with Gasteiger partial charge in [0.15, 0.2) is 0 Å². The molecule has 0 radical (unpaired) electrons. The summed E-state index contributed by atoms with van der Waals surface area (Å²) in [6.07, 6.45) is -3.85. The third-order valence-corrected chi connectivity index (χ3v) is 3.29. The van der Waals surface area contributed by atoms with Crippen LogP contribution in [0.1, 0.15) is 18.4 Å². The zero-order valence-electron chi connectivity index (χ0n) is 10.6. The normalized spacial score (nSPS) is 18.9. The topological polar surface area (TPSA) is 41.5 Å².